The molecule has 1 aliphatic carbocycles. The third kappa shape index (κ3) is 2.76. The highest BCUT2D eigenvalue weighted by Crippen LogP contribution is 2.43. The van der Waals surface area contributed by atoms with Crippen molar-refractivity contribution >= 4 is 34.5 Å². The van der Waals surface area contributed by atoms with Crippen LogP contribution in [0.2, 0.25) is 8.67 Å². The second-order valence-corrected chi connectivity index (χ2v) is 8.40. The van der Waals surface area contributed by atoms with E-state index in [2.05, 4.69) is 23.2 Å². The maximum Gasteiger partial charge on any atom is 0.0991 e. The molecule has 1 aromatic rings. The number of thiophene rings is 1. The average molecular weight is 333 g/mol. The molecule has 1 aliphatic heterocycles. The molecular formula is C15H22Cl2N2S. The fraction of sp³-hybridized carbons (Fsp3) is 0.733. The molecule has 0 aromatic carbocycles. The molecule has 3 rings (SSSR count). The van der Waals surface area contributed by atoms with Gasteiger partial charge in [-0.15, -0.1) is 11.3 Å². The lowest BCUT2D eigenvalue weighted by molar-refractivity contribution is -0.00264. The summed E-state index contributed by atoms with van der Waals surface area (Å²) in [5, 5.41) is 3.60. The summed E-state index contributed by atoms with van der Waals surface area (Å²) in [5.41, 5.74) is 1.53. The number of rotatable bonds is 2. The molecule has 2 aliphatic rings. The lowest BCUT2D eigenvalue weighted by atomic mass is 9.78. The van der Waals surface area contributed by atoms with Crippen LogP contribution in [0.25, 0.3) is 0 Å². The van der Waals surface area contributed by atoms with Crippen LogP contribution in [0.15, 0.2) is 6.07 Å². The van der Waals surface area contributed by atoms with E-state index in [-0.39, 0.29) is 0 Å². The predicted octanol–water partition coefficient (Wildman–Crippen LogP) is 4.72. The topological polar surface area (TPSA) is 15.3 Å². The Hall–Kier alpha value is 0.200. The highest BCUT2D eigenvalue weighted by molar-refractivity contribution is 7.20. The Morgan fingerprint density at radius 2 is 2.05 bits per heavy atom. The van der Waals surface area contributed by atoms with Gasteiger partial charge in [-0.2, -0.15) is 0 Å². The Labute approximate surface area is 135 Å². The van der Waals surface area contributed by atoms with Gasteiger partial charge < -0.3 is 5.32 Å². The smallest absolute Gasteiger partial charge is 0.0991 e. The van der Waals surface area contributed by atoms with Crippen molar-refractivity contribution in [2.24, 2.45) is 0 Å². The molecule has 112 valence electrons. The van der Waals surface area contributed by atoms with Crippen molar-refractivity contribution in [3.8, 4) is 0 Å². The minimum atomic E-state index is 0.327. The zero-order chi connectivity index (χ0) is 14.2. The second-order valence-electron chi connectivity index (χ2n) is 6.11. The first kappa shape index (κ1) is 15.1. The van der Waals surface area contributed by atoms with Crippen LogP contribution >= 0.6 is 34.5 Å². The molecule has 1 unspecified atom stereocenters. The lowest BCUT2D eigenvalue weighted by Crippen LogP contribution is -2.62. The van der Waals surface area contributed by atoms with Gasteiger partial charge in [-0.05, 0) is 25.8 Å². The van der Waals surface area contributed by atoms with Gasteiger partial charge in [-0.25, -0.2) is 0 Å². The van der Waals surface area contributed by atoms with Crippen molar-refractivity contribution < 1.29 is 0 Å². The van der Waals surface area contributed by atoms with Crippen molar-refractivity contribution in [1.82, 2.24) is 10.2 Å². The molecule has 0 bridgehead atoms. The molecule has 1 atom stereocenters. The number of halogens is 2. The van der Waals surface area contributed by atoms with Gasteiger partial charge in [-0.3, -0.25) is 4.90 Å². The van der Waals surface area contributed by atoms with E-state index in [0.717, 1.165) is 28.3 Å². The largest absolute Gasteiger partial charge is 0.314 e. The van der Waals surface area contributed by atoms with Crippen LogP contribution < -0.4 is 5.32 Å². The van der Waals surface area contributed by atoms with Gasteiger partial charge in [0, 0.05) is 36.8 Å². The van der Waals surface area contributed by atoms with Gasteiger partial charge in [0.2, 0.25) is 0 Å². The first-order chi connectivity index (χ1) is 9.62. The predicted molar refractivity (Wildman–Crippen MR) is 88.1 cm³/mol. The zero-order valence-electron chi connectivity index (χ0n) is 11.9. The van der Waals surface area contributed by atoms with Gasteiger partial charge in [-0.1, -0.05) is 42.5 Å². The van der Waals surface area contributed by atoms with Crippen molar-refractivity contribution in [3.05, 3.63) is 20.3 Å². The third-order valence-corrected chi connectivity index (χ3v) is 6.50. The number of hydrogen-bond acceptors (Lipinski definition) is 3. The summed E-state index contributed by atoms with van der Waals surface area (Å²) in [6, 6.07) is 2.41. The van der Waals surface area contributed by atoms with E-state index in [4.69, 9.17) is 23.2 Å². The summed E-state index contributed by atoms with van der Waals surface area (Å²) in [6.45, 7) is 5.57. The van der Waals surface area contributed by atoms with E-state index in [1.165, 1.54) is 49.0 Å². The van der Waals surface area contributed by atoms with Crippen molar-refractivity contribution in [2.45, 2.75) is 50.6 Å². The molecule has 0 radical (unpaired) electrons. The van der Waals surface area contributed by atoms with Crippen LogP contribution in [0.3, 0.4) is 0 Å². The van der Waals surface area contributed by atoms with Gasteiger partial charge in [0.15, 0.2) is 0 Å². The van der Waals surface area contributed by atoms with E-state index in [0.29, 0.717) is 11.6 Å². The third-order valence-electron chi connectivity index (χ3n) is 4.98. The minimum Gasteiger partial charge on any atom is -0.314 e. The number of nitrogens with one attached hydrogen (secondary N) is 1. The van der Waals surface area contributed by atoms with E-state index in [9.17, 15) is 0 Å². The molecule has 20 heavy (non-hydrogen) atoms. The standard InChI is InChI=1S/C15H22Cl2N2S/c1-11(12-9-13(16)20-14(12)17)19-8-7-18-10-15(19)5-3-2-4-6-15/h9,11,18H,2-8,10H2,1H3. The highest BCUT2D eigenvalue weighted by Gasteiger charge is 2.42. The van der Waals surface area contributed by atoms with Gasteiger partial charge in [0.25, 0.3) is 0 Å². The summed E-state index contributed by atoms with van der Waals surface area (Å²) >= 11 is 14.0. The fourth-order valence-corrected chi connectivity index (χ4v) is 5.58. The fourth-order valence-electron chi connectivity index (χ4n) is 3.94. The lowest BCUT2D eigenvalue weighted by Gasteiger charge is -2.52. The summed E-state index contributed by atoms with van der Waals surface area (Å²) in [7, 11) is 0. The molecule has 5 heteroatoms. The Morgan fingerprint density at radius 3 is 2.70 bits per heavy atom. The monoisotopic (exact) mass is 332 g/mol. The molecule has 0 amide bonds. The van der Waals surface area contributed by atoms with Crippen molar-refractivity contribution in [2.75, 3.05) is 19.6 Å². The molecule has 1 N–H and O–H groups in total. The molecule has 2 heterocycles. The van der Waals surface area contributed by atoms with E-state index in [1.807, 2.05) is 0 Å². The van der Waals surface area contributed by atoms with Crippen LogP contribution in [0.5, 0.6) is 0 Å². The number of piperazine rings is 1. The average Bonchev–Trinajstić information content (AvgIpc) is 2.78. The molecule has 2 fully saturated rings. The van der Waals surface area contributed by atoms with Crippen molar-refractivity contribution in [1.29, 1.82) is 0 Å². The Balaban J connectivity index is 1.87. The first-order valence-corrected chi connectivity index (χ1v) is 9.12. The summed E-state index contributed by atoms with van der Waals surface area (Å²) < 4.78 is 1.65. The molecular weight excluding hydrogens is 311 g/mol. The first-order valence-electron chi connectivity index (χ1n) is 7.55. The SMILES string of the molecule is CC(c1cc(Cl)sc1Cl)N1CCNCC12CCCCC2. The van der Waals surface area contributed by atoms with E-state index in [1.54, 1.807) is 0 Å². The molecule has 1 aromatic heterocycles. The Bertz CT molecular complexity index is 460. The maximum absolute atomic E-state index is 6.38. The van der Waals surface area contributed by atoms with Gasteiger partial charge in [0.05, 0.1) is 8.67 Å². The van der Waals surface area contributed by atoms with Crippen LogP contribution in [0.1, 0.15) is 50.6 Å². The molecule has 1 spiro atoms. The summed E-state index contributed by atoms with van der Waals surface area (Å²) in [5.74, 6) is 0. The van der Waals surface area contributed by atoms with E-state index < -0.39 is 0 Å². The normalized spacial score (nSPS) is 24.9. The summed E-state index contributed by atoms with van der Waals surface area (Å²) in [4.78, 5) is 2.69. The Morgan fingerprint density at radius 1 is 1.30 bits per heavy atom. The quantitative estimate of drug-likeness (QED) is 0.842. The maximum atomic E-state index is 6.38. The molecule has 1 saturated heterocycles. The minimum absolute atomic E-state index is 0.327. The van der Waals surface area contributed by atoms with Crippen LogP contribution in [-0.2, 0) is 0 Å². The zero-order valence-corrected chi connectivity index (χ0v) is 14.3. The van der Waals surface area contributed by atoms with E-state index >= 15 is 0 Å². The number of hydrogen-bond donors (Lipinski definition) is 1. The van der Waals surface area contributed by atoms with Crippen LogP contribution in [-0.4, -0.2) is 30.1 Å². The Kier molecular flexibility index (Phi) is 4.63. The van der Waals surface area contributed by atoms with Gasteiger partial charge >= 0.3 is 0 Å². The molecule has 1 saturated carbocycles. The second kappa shape index (κ2) is 6.13. The highest BCUT2D eigenvalue weighted by atomic mass is 35.5. The van der Waals surface area contributed by atoms with Crippen molar-refractivity contribution in [3.63, 3.8) is 0 Å². The number of nitrogens with zero attached hydrogens (tertiary/aromatic N) is 1. The van der Waals surface area contributed by atoms with Crippen LogP contribution in [0, 0.1) is 0 Å². The van der Waals surface area contributed by atoms with Gasteiger partial charge in [0.1, 0.15) is 0 Å². The van der Waals surface area contributed by atoms with Crippen LogP contribution in [0.4, 0.5) is 0 Å². The summed E-state index contributed by atoms with van der Waals surface area (Å²) in [6.07, 6.45) is 6.70. The molecule has 2 nitrogen and oxygen atoms in total.